The zero-order valence-electron chi connectivity index (χ0n) is 12.6. The normalized spacial score (nSPS) is 26.1. The van der Waals surface area contributed by atoms with E-state index in [9.17, 15) is 4.79 Å². The number of aldehydes is 1. The van der Waals surface area contributed by atoms with Crippen LogP contribution in [0.15, 0.2) is 0 Å². The minimum absolute atomic E-state index is 0.0727. The highest BCUT2D eigenvalue weighted by molar-refractivity contribution is 6.74. The fourth-order valence-electron chi connectivity index (χ4n) is 1.59. The predicted molar refractivity (Wildman–Crippen MR) is 73.0 cm³/mol. The van der Waals surface area contributed by atoms with Gasteiger partial charge in [-0.25, -0.2) is 0 Å². The van der Waals surface area contributed by atoms with Gasteiger partial charge in [-0.3, -0.25) is 0 Å². The van der Waals surface area contributed by atoms with Gasteiger partial charge >= 0.3 is 0 Å². The maximum atomic E-state index is 11.3. The number of carbonyl (C=O) groups is 1. The fourth-order valence-corrected chi connectivity index (χ4v) is 2.83. The van der Waals surface area contributed by atoms with Crippen LogP contribution in [0, 0.1) is 0 Å². The summed E-state index contributed by atoms with van der Waals surface area (Å²) in [4.78, 5) is 11.3. The van der Waals surface area contributed by atoms with Crippen molar-refractivity contribution < 1.29 is 18.7 Å². The molecule has 1 rings (SSSR count). The van der Waals surface area contributed by atoms with Crippen LogP contribution in [0.5, 0.6) is 0 Å². The van der Waals surface area contributed by atoms with Gasteiger partial charge in [0.25, 0.3) is 0 Å². The van der Waals surface area contributed by atoms with E-state index in [2.05, 4.69) is 33.9 Å². The van der Waals surface area contributed by atoms with E-state index in [1.807, 2.05) is 13.8 Å². The smallest absolute Gasteiger partial charge is 0.193 e. The van der Waals surface area contributed by atoms with Crippen LogP contribution < -0.4 is 0 Å². The lowest BCUT2D eigenvalue weighted by Crippen LogP contribution is -2.48. The van der Waals surface area contributed by atoms with E-state index in [1.165, 1.54) is 0 Å². The molecule has 2 atom stereocenters. The summed E-state index contributed by atoms with van der Waals surface area (Å²) in [6.45, 7) is 14.8. The van der Waals surface area contributed by atoms with Crippen LogP contribution in [0.2, 0.25) is 18.1 Å². The first-order valence-corrected chi connectivity index (χ1v) is 9.34. The highest BCUT2D eigenvalue weighted by Gasteiger charge is 2.44. The molecule has 0 amide bonds. The molecule has 1 fully saturated rings. The summed E-state index contributed by atoms with van der Waals surface area (Å²) >= 11 is 0. The summed E-state index contributed by atoms with van der Waals surface area (Å²) in [5.41, 5.74) is 0. The Bertz CT molecular complexity index is 307. The van der Waals surface area contributed by atoms with Crippen LogP contribution in [0.3, 0.4) is 0 Å². The molecule has 1 heterocycles. The molecular formula is C13H26O4Si. The maximum Gasteiger partial charge on any atom is 0.193 e. The van der Waals surface area contributed by atoms with Gasteiger partial charge in [-0.2, -0.15) is 0 Å². The summed E-state index contributed by atoms with van der Waals surface area (Å²) in [5, 5.41) is 0.0727. The molecule has 0 aromatic rings. The first kappa shape index (κ1) is 15.8. The van der Waals surface area contributed by atoms with Crippen LogP contribution in [0.4, 0.5) is 0 Å². The van der Waals surface area contributed by atoms with Crippen molar-refractivity contribution in [3.63, 3.8) is 0 Å². The SMILES string of the molecule is CC1(C)OC[C@H]([C@H](C=O)O[Si](C)(C)C(C)(C)C)O1. The molecule has 1 aliphatic heterocycles. The van der Waals surface area contributed by atoms with Crippen LogP contribution in [0.1, 0.15) is 34.6 Å². The molecule has 0 spiro atoms. The topological polar surface area (TPSA) is 44.8 Å². The van der Waals surface area contributed by atoms with Crippen molar-refractivity contribution in [1.82, 2.24) is 0 Å². The minimum atomic E-state index is -1.97. The Kier molecular flexibility index (Phi) is 4.43. The highest BCUT2D eigenvalue weighted by Crippen LogP contribution is 2.38. The maximum absolute atomic E-state index is 11.3. The van der Waals surface area contributed by atoms with Gasteiger partial charge in [0.05, 0.1) is 6.61 Å². The fraction of sp³-hybridized carbons (Fsp3) is 0.923. The Balaban J connectivity index is 2.72. The van der Waals surface area contributed by atoms with Crippen LogP contribution in [-0.4, -0.2) is 39.2 Å². The molecule has 0 unspecified atom stereocenters. The van der Waals surface area contributed by atoms with Crippen molar-refractivity contribution in [2.75, 3.05) is 6.61 Å². The lowest BCUT2D eigenvalue weighted by molar-refractivity contribution is -0.152. The molecule has 1 saturated heterocycles. The van der Waals surface area contributed by atoms with E-state index in [4.69, 9.17) is 13.9 Å². The van der Waals surface area contributed by atoms with Crippen molar-refractivity contribution in [2.45, 2.75) is 70.7 Å². The second kappa shape index (κ2) is 5.04. The standard InChI is InChI=1S/C13H26O4Si/c1-12(2,3)18(6,7)17-10(8-14)11-9-15-13(4,5)16-11/h8,10-11H,9H2,1-7H3/t10-,11+/m0/s1. The largest absolute Gasteiger partial charge is 0.404 e. The molecule has 106 valence electrons. The third kappa shape index (κ3) is 3.63. The molecule has 4 nitrogen and oxygen atoms in total. The predicted octanol–water partition coefficient (Wildman–Crippen LogP) is 2.73. The summed E-state index contributed by atoms with van der Waals surface area (Å²) in [7, 11) is -1.97. The second-order valence-electron chi connectivity index (χ2n) is 6.85. The summed E-state index contributed by atoms with van der Waals surface area (Å²) in [5.74, 6) is -0.622. The van der Waals surface area contributed by atoms with Gasteiger partial charge in [0.15, 0.2) is 14.1 Å². The van der Waals surface area contributed by atoms with E-state index in [1.54, 1.807) is 0 Å². The lowest BCUT2D eigenvalue weighted by Gasteiger charge is -2.39. The van der Waals surface area contributed by atoms with Crippen LogP contribution in [-0.2, 0) is 18.7 Å². The Morgan fingerprint density at radius 1 is 1.39 bits per heavy atom. The van der Waals surface area contributed by atoms with Crippen molar-refractivity contribution >= 4 is 14.6 Å². The van der Waals surface area contributed by atoms with Crippen molar-refractivity contribution in [3.8, 4) is 0 Å². The molecule has 0 bridgehead atoms. The highest BCUT2D eigenvalue weighted by atomic mass is 28.4. The van der Waals surface area contributed by atoms with Gasteiger partial charge in [0.2, 0.25) is 0 Å². The van der Waals surface area contributed by atoms with E-state index < -0.39 is 20.2 Å². The Labute approximate surface area is 111 Å². The third-order valence-electron chi connectivity index (χ3n) is 3.77. The van der Waals surface area contributed by atoms with E-state index in [0.717, 1.165) is 6.29 Å². The van der Waals surface area contributed by atoms with E-state index >= 15 is 0 Å². The third-order valence-corrected chi connectivity index (χ3v) is 8.24. The average molecular weight is 274 g/mol. The van der Waals surface area contributed by atoms with Gasteiger partial charge in [0.1, 0.15) is 18.5 Å². The van der Waals surface area contributed by atoms with E-state index in [-0.39, 0.29) is 11.1 Å². The molecule has 0 saturated carbocycles. The number of rotatable bonds is 4. The second-order valence-corrected chi connectivity index (χ2v) is 11.6. The van der Waals surface area contributed by atoms with E-state index in [0.29, 0.717) is 6.61 Å². The van der Waals surface area contributed by atoms with Crippen molar-refractivity contribution in [2.24, 2.45) is 0 Å². The average Bonchev–Trinajstić information content (AvgIpc) is 2.53. The van der Waals surface area contributed by atoms with Gasteiger partial charge in [-0.1, -0.05) is 20.8 Å². The molecule has 18 heavy (non-hydrogen) atoms. The molecular weight excluding hydrogens is 248 g/mol. The lowest BCUT2D eigenvalue weighted by atomic mass is 10.2. The van der Waals surface area contributed by atoms with Crippen molar-refractivity contribution in [1.29, 1.82) is 0 Å². The Morgan fingerprint density at radius 2 is 1.94 bits per heavy atom. The Hall–Kier alpha value is -0.233. The molecule has 0 aliphatic carbocycles. The van der Waals surface area contributed by atoms with Crippen LogP contribution >= 0.6 is 0 Å². The molecule has 0 N–H and O–H groups in total. The number of hydrogen-bond donors (Lipinski definition) is 0. The first-order chi connectivity index (χ1) is 7.98. The molecule has 1 aliphatic rings. The summed E-state index contributed by atoms with van der Waals surface area (Å²) in [6, 6.07) is 0. The van der Waals surface area contributed by atoms with Crippen molar-refractivity contribution in [3.05, 3.63) is 0 Å². The zero-order valence-corrected chi connectivity index (χ0v) is 13.6. The monoisotopic (exact) mass is 274 g/mol. The zero-order chi connectivity index (χ0) is 14.2. The molecule has 0 radical (unpaired) electrons. The van der Waals surface area contributed by atoms with Crippen LogP contribution in [0.25, 0.3) is 0 Å². The number of hydrogen-bond acceptors (Lipinski definition) is 4. The van der Waals surface area contributed by atoms with Gasteiger partial charge in [-0.15, -0.1) is 0 Å². The molecule has 0 aromatic heterocycles. The number of carbonyl (C=O) groups excluding carboxylic acids is 1. The molecule has 5 heteroatoms. The summed E-state index contributed by atoms with van der Waals surface area (Å²) in [6.07, 6.45) is 0.00918. The van der Waals surface area contributed by atoms with Gasteiger partial charge in [-0.05, 0) is 32.0 Å². The van der Waals surface area contributed by atoms with Gasteiger partial charge < -0.3 is 18.7 Å². The Morgan fingerprint density at radius 3 is 2.28 bits per heavy atom. The minimum Gasteiger partial charge on any atom is -0.404 e. The quantitative estimate of drug-likeness (QED) is 0.584. The van der Waals surface area contributed by atoms with Gasteiger partial charge in [0, 0.05) is 0 Å². The number of ether oxygens (including phenoxy) is 2. The first-order valence-electron chi connectivity index (χ1n) is 6.43. The molecule has 0 aromatic carbocycles. The summed E-state index contributed by atoms with van der Waals surface area (Å²) < 4.78 is 17.3.